The predicted octanol–water partition coefficient (Wildman–Crippen LogP) is 2.62. The number of aryl methyl sites for hydroxylation is 1. The van der Waals surface area contributed by atoms with Crippen molar-refractivity contribution in [1.29, 1.82) is 0 Å². The molecule has 0 aliphatic heterocycles. The number of nitrogens with zero attached hydrogens (tertiary/aromatic N) is 1. The summed E-state index contributed by atoms with van der Waals surface area (Å²) in [6.45, 7) is 3.92. The third kappa shape index (κ3) is 3.84. The molecule has 1 aromatic carbocycles. The van der Waals surface area contributed by atoms with Crippen LogP contribution in [0.15, 0.2) is 30.5 Å². The minimum absolute atomic E-state index is 0.238. The number of rotatable bonds is 6. The van der Waals surface area contributed by atoms with E-state index in [4.69, 9.17) is 4.74 Å². The number of aromatic nitrogens is 1. The molecule has 0 fully saturated rings. The van der Waals surface area contributed by atoms with Crippen LogP contribution >= 0.6 is 11.3 Å². The number of aliphatic hydroxyl groups excluding tert-OH is 1. The van der Waals surface area contributed by atoms with Crippen molar-refractivity contribution in [1.82, 2.24) is 10.3 Å². The first kappa shape index (κ1) is 16.5. The molecule has 0 aliphatic rings. The minimum Gasteiger partial charge on any atom is -0.497 e. The number of benzene rings is 1. The third-order valence-corrected chi connectivity index (χ3v) is 4.63. The fraction of sp³-hybridized carbons (Fsp3) is 0.375. The number of hydrogen-bond acceptors (Lipinski definition) is 5. The van der Waals surface area contributed by atoms with Crippen molar-refractivity contribution in [2.75, 3.05) is 7.11 Å². The molecular formula is C16H20N2O3S. The van der Waals surface area contributed by atoms with Crippen molar-refractivity contribution in [3.63, 3.8) is 0 Å². The molecule has 2 rings (SSSR count). The van der Waals surface area contributed by atoms with E-state index < -0.39 is 12.0 Å². The maximum atomic E-state index is 12.2. The van der Waals surface area contributed by atoms with Gasteiger partial charge in [0.05, 0.1) is 13.2 Å². The summed E-state index contributed by atoms with van der Waals surface area (Å²) in [4.78, 5) is 17.7. The predicted molar refractivity (Wildman–Crippen MR) is 86.0 cm³/mol. The summed E-state index contributed by atoms with van der Waals surface area (Å²) in [7, 11) is 1.54. The smallest absolute Gasteiger partial charge is 0.254 e. The molecule has 0 spiro atoms. The highest BCUT2D eigenvalue weighted by atomic mass is 32.1. The molecule has 118 valence electrons. The Labute approximate surface area is 134 Å². The SMILES string of the molecule is CCc1cnc([C@H](C)NC(=O)[C@H](O)c2cccc(OC)c2)s1. The van der Waals surface area contributed by atoms with E-state index in [0.29, 0.717) is 11.3 Å². The lowest BCUT2D eigenvalue weighted by molar-refractivity contribution is -0.130. The molecule has 0 saturated carbocycles. The van der Waals surface area contributed by atoms with Crippen LogP contribution in [0.4, 0.5) is 0 Å². The Morgan fingerprint density at radius 3 is 2.91 bits per heavy atom. The first-order valence-electron chi connectivity index (χ1n) is 7.12. The average Bonchev–Trinajstić information content (AvgIpc) is 3.03. The molecule has 2 N–H and O–H groups in total. The van der Waals surface area contributed by atoms with Gasteiger partial charge in [0, 0.05) is 11.1 Å². The van der Waals surface area contributed by atoms with Crippen molar-refractivity contribution in [2.24, 2.45) is 0 Å². The van der Waals surface area contributed by atoms with Gasteiger partial charge in [-0.25, -0.2) is 4.98 Å². The van der Waals surface area contributed by atoms with Crippen LogP contribution in [-0.4, -0.2) is 23.1 Å². The fourth-order valence-electron chi connectivity index (χ4n) is 2.00. The molecule has 22 heavy (non-hydrogen) atoms. The highest BCUT2D eigenvalue weighted by Gasteiger charge is 2.21. The number of ether oxygens (including phenoxy) is 1. The van der Waals surface area contributed by atoms with Crippen LogP contribution in [0.1, 0.15) is 41.4 Å². The molecular weight excluding hydrogens is 300 g/mol. The molecule has 0 radical (unpaired) electrons. The second kappa shape index (κ2) is 7.38. The summed E-state index contributed by atoms with van der Waals surface area (Å²) in [6.07, 6.45) is 1.51. The summed E-state index contributed by atoms with van der Waals surface area (Å²) in [5, 5.41) is 13.8. The third-order valence-electron chi connectivity index (χ3n) is 3.31. The van der Waals surface area contributed by atoms with Gasteiger partial charge in [-0.2, -0.15) is 0 Å². The normalized spacial score (nSPS) is 13.5. The molecule has 0 bridgehead atoms. The number of methoxy groups -OCH3 is 1. The van der Waals surface area contributed by atoms with Gasteiger partial charge in [0.1, 0.15) is 10.8 Å². The molecule has 0 saturated heterocycles. The summed E-state index contributed by atoms with van der Waals surface area (Å²) in [5.41, 5.74) is 0.498. The first-order chi connectivity index (χ1) is 10.5. The van der Waals surface area contributed by atoms with Crippen molar-refractivity contribution in [2.45, 2.75) is 32.4 Å². The monoisotopic (exact) mass is 320 g/mol. The quantitative estimate of drug-likeness (QED) is 0.858. The largest absolute Gasteiger partial charge is 0.497 e. The molecule has 5 nitrogen and oxygen atoms in total. The van der Waals surface area contributed by atoms with Gasteiger partial charge in [-0.15, -0.1) is 11.3 Å². The van der Waals surface area contributed by atoms with Gasteiger partial charge in [0.15, 0.2) is 6.10 Å². The Hall–Kier alpha value is -1.92. The highest BCUT2D eigenvalue weighted by molar-refractivity contribution is 7.11. The lowest BCUT2D eigenvalue weighted by atomic mass is 10.1. The van der Waals surface area contributed by atoms with Crippen LogP contribution < -0.4 is 10.1 Å². The van der Waals surface area contributed by atoms with Gasteiger partial charge in [0.2, 0.25) is 0 Å². The highest BCUT2D eigenvalue weighted by Crippen LogP contribution is 2.23. The van der Waals surface area contributed by atoms with E-state index in [9.17, 15) is 9.90 Å². The summed E-state index contributed by atoms with van der Waals surface area (Å²) < 4.78 is 5.10. The van der Waals surface area contributed by atoms with Crippen LogP contribution in [0.2, 0.25) is 0 Å². The zero-order valence-electron chi connectivity index (χ0n) is 12.9. The number of thiazole rings is 1. The molecule has 2 atom stereocenters. The van der Waals surface area contributed by atoms with E-state index in [1.807, 2.05) is 13.1 Å². The first-order valence-corrected chi connectivity index (χ1v) is 7.93. The summed E-state index contributed by atoms with van der Waals surface area (Å²) in [5.74, 6) is 0.152. The van der Waals surface area contributed by atoms with Crippen LogP contribution in [0.25, 0.3) is 0 Å². The number of aliphatic hydroxyl groups is 1. The molecule has 0 aliphatic carbocycles. The minimum atomic E-state index is -1.23. The average molecular weight is 320 g/mol. The zero-order valence-corrected chi connectivity index (χ0v) is 13.7. The Morgan fingerprint density at radius 2 is 2.27 bits per heavy atom. The van der Waals surface area contributed by atoms with Gasteiger partial charge in [-0.1, -0.05) is 19.1 Å². The summed E-state index contributed by atoms with van der Waals surface area (Å²) >= 11 is 1.57. The van der Waals surface area contributed by atoms with E-state index in [1.54, 1.807) is 42.7 Å². The van der Waals surface area contributed by atoms with E-state index >= 15 is 0 Å². The number of carbonyl (C=O) groups excluding carboxylic acids is 1. The van der Waals surface area contributed by atoms with E-state index in [1.165, 1.54) is 4.88 Å². The van der Waals surface area contributed by atoms with Crippen molar-refractivity contribution >= 4 is 17.2 Å². The van der Waals surface area contributed by atoms with Crippen molar-refractivity contribution in [3.05, 3.63) is 45.9 Å². The van der Waals surface area contributed by atoms with Crippen LogP contribution in [0.5, 0.6) is 5.75 Å². The maximum absolute atomic E-state index is 12.2. The number of hydrogen-bond donors (Lipinski definition) is 2. The van der Waals surface area contributed by atoms with Gasteiger partial charge in [-0.3, -0.25) is 4.79 Å². The molecule has 6 heteroatoms. The van der Waals surface area contributed by atoms with E-state index in [2.05, 4.69) is 17.2 Å². The van der Waals surface area contributed by atoms with Crippen molar-refractivity contribution in [3.8, 4) is 5.75 Å². The Bertz CT molecular complexity index is 642. The second-order valence-corrected chi connectivity index (χ2v) is 6.07. The van der Waals surface area contributed by atoms with Gasteiger partial charge in [-0.05, 0) is 31.0 Å². The van der Waals surface area contributed by atoms with Gasteiger partial charge < -0.3 is 15.2 Å². The number of nitrogens with one attached hydrogen (secondary N) is 1. The van der Waals surface area contributed by atoms with Crippen molar-refractivity contribution < 1.29 is 14.6 Å². The number of amides is 1. The van der Waals surface area contributed by atoms with Crippen LogP contribution in [-0.2, 0) is 11.2 Å². The van der Waals surface area contributed by atoms with E-state index in [-0.39, 0.29) is 6.04 Å². The Balaban J connectivity index is 2.04. The molecule has 1 heterocycles. The van der Waals surface area contributed by atoms with Gasteiger partial charge >= 0.3 is 0 Å². The zero-order chi connectivity index (χ0) is 16.1. The topological polar surface area (TPSA) is 71.5 Å². The molecule has 1 aromatic heterocycles. The molecule has 2 aromatic rings. The lowest BCUT2D eigenvalue weighted by Crippen LogP contribution is -2.31. The van der Waals surface area contributed by atoms with Crippen LogP contribution in [0, 0.1) is 0 Å². The Morgan fingerprint density at radius 1 is 1.50 bits per heavy atom. The number of carbonyl (C=O) groups is 1. The van der Waals surface area contributed by atoms with Gasteiger partial charge in [0.25, 0.3) is 5.91 Å². The Kier molecular flexibility index (Phi) is 5.51. The van der Waals surface area contributed by atoms with Crippen LogP contribution in [0.3, 0.4) is 0 Å². The fourth-order valence-corrected chi connectivity index (χ4v) is 2.86. The molecule has 1 amide bonds. The lowest BCUT2D eigenvalue weighted by Gasteiger charge is -2.16. The summed E-state index contributed by atoms with van der Waals surface area (Å²) in [6, 6.07) is 6.60. The van der Waals surface area contributed by atoms with E-state index in [0.717, 1.165) is 11.4 Å². The molecule has 0 unspecified atom stereocenters. The standard InChI is InChI=1S/C16H20N2O3S/c1-4-13-9-17-16(22-13)10(2)18-15(20)14(19)11-6-5-7-12(8-11)21-3/h5-10,14,19H,4H2,1-3H3,(H,18,20)/t10-,14+/m0/s1. The maximum Gasteiger partial charge on any atom is 0.254 e. The second-order valence-electron chi connectivity index (χ2n) is 4.93.